The molecule has 1 unspecified atom stereocenters. The lowest BCUT2D eigenvalue weighted by Gasteiger charge is -2.39. The Labute approximate surface area is 124 Å². The fourth-order valence-corrected chi connectivity index (χ4v) is 3.37. The van der Waals surface area contributed by atoms with Crippen LogP contribution in [0, 0.1) is 6.92 Å². The van der Waals surface area contributed by atoms with Crippen LogP contribution >= 0.6 is 12.2 Å². The van der Waals surface area contributed by atoms with Crippen LogP contribution in [0.5, 0.6) is 0 Å². The maximum atomic E-state index is 11.7. The molecule has 2 fully saturated rings. The SMILES string of the molecule is Cc1ccc(N2CCN3C(=O)CCC3C2)c(C(N)=S)c1. The maximum Gasteiger partial charge on any atom is 0.223 e. The number of amides is 1. The van der Waals surface area contributed by atoms with Crippen LogP contribution in [0.25, 0.3) is 0 Å². The van der Waals surface area contributed by atoms with Crippen molar-refractivity contribution >= 4 is 28.8 Å². The summed E-state index contributed by atoms with van der Waals surface area (Å²) in [5, 5.41) is 0. The van der Waals surface area contributed by atoms with Crippen LogP contribution in [0.1, 0.15) is 24.0 Å². The Morgan fingerprint density at radius 3 is 2.95 bits per heavy atom. The van der Waals surface area contributed by atoms with Crippen LogP contribution in [0.3, 0.4) is 0 Å². The van der Waals surface area contributed by atoms with Crippen LogP contribution < -0.4 is 10.6 Å². The van der Waals surface area contributed by atoms with Gasteiger partial charge in [0.1, 0.15) is 4.99 Å². The molecule has 4 nitrogen and oxygen atoms in total. The van der Waals surface area contributed by atoms with E-state index < -0.39 is 0 Å². The molecule has 106 valence electrons. The molecule has 1 aromatic rings. The van der Waals surface area contributed by atoms with Gasteiger partial charge in [0, 0.05) is 43.3 Å². The molecule has 1 amide bonds. The van der Waals surface area contributed by atoms with Gasteiger partial charge in [0.05, 0.1) is 0 Å². The number of hydrogen-bond acceptors (Lipinski definition) is 3. The third-order valence-electron chi connectivity index (χ3n) is 4.25. The minimum Gasteiger partial charge on any atom is -0.389 e. The van der Waals surface area contributed by atoms with Crippen molar-refractivity contribution in [3.8, 4) is 0 Å². The van der Waals surface area contributed by atoms with E-state index in [1.54, 1.807) is 0 Å². The summed E-state index contributed by atoms with van der Waals surface area (Å²) in [4.78, 5) is 16.5. The number of carbonyl (C=O) groups is 1. The number of anilines is 1. The Morgan fingerprint density at radius 2 is 2.20 bits per heavy atom. The first-order valence-electron chi connectivity index (χ1n) is 7.01. The van der Waals surface area contributed by atoms with Crippen LogP contribution in [0.15, 0.2) is 18.2 Å². The van der Waals surface area contributed by atoms with Gasteiger partial charge in [0.2, 0.25) is 5.91 Å². The molecular formula is C15H19N3OS. The predicted octanol–water partition coefficient (Wildman–Crippen LogP) is 1.44. The molecule has 0 spiro atoms. The van der Waals surface area contributed by atoms with Crippen LogP contribution in [-0.2, 0) is 4.79 Å². The lowest BCUT2D eigenvalue weighted by molar-refractivity contribution is -0.129. The molecule has 2 saturated heterocycles. The molecule has 0 saturated carbocycles. The molecule has 1 aromatic carbocycles. The third-order valence-corrected chi connectivity index (χ3v) is 4.47. The number of nitrogens with two attached hydrogens (primary N) is 1. The third kappa shape index (κ3) is 2.26. The second-order valence-corrected chi connectivity index (χ2v) is 6.05. The van der Waals surface area contributed by atoms with E-state index in [1.807, 2.05) is 17.9 Å². The Kier molecular flexibility index (Phi) is 3.38. The van der Waals surface area contributed by atoms with Gasteiger partial charge in [-0.25, -0.2) is 0 Å². The van der Waals surface area contributed by atoms with Crippen molar-refractivity contribution in [2.75, 3.05) is 24.5 Å². The summed E-state index contributed by atoms with van der Waals surface area (Å²) < 4.78 is 0. The molecule has 3 rings (SSSR count). The van der Waals surface area contributed by atoms with E-state index in [0.29, 0.717) is 23.4 Å². The highest BCUT2D eigenvalue weighted by molar-refractivity contribution is 7.80. The normalized spacial score (nSPS) is 22.1. The Bertz CT molecular complexity index is 572. The molecule has 2 N–H and O–H groups in total. The smallest absolute Gasteiger partial charge is 0.223 e. The number of fused-ring (bicyclic) bond motifs is 1. The lowest BCUT2D eigenvalue weighted by Crippen LogP contribution is -2.51. The van der Waals surface area contributed by atoms with Crippen LogP contribution in [0.2, 0.25) is 0 Å². The monoisotopic (exact) mass is 289 g/mol. The minimum absolute atomic E-state index is 0.299. The second-order valence-electron chi connectivity index (χ2n) is 5.61. The molecule has 2 aliphatic rings. The summed E-state index contributed by atoms with van der Waals surface area (Å²) in [5.74, 6) is 0.299. The minimum atomic E-state index is 0.299. The van der Waals surface area contributed by atoms with Gasteiger partial charge in [0.25, 0.3) is 0 Å². The highest BCUT2D eigenvalue weighted by atomic mass is 32.1. The average molecular weight is 289 g/mol. The van der Waals surface area contributed by atoms with E-state index in [1.165, 1.54) is 0 Å². The Morgan fingerprint density at radius 1 is 1.40 bits per heavy atom. The van der Waals surface area contributed by atoms with Crippen molar-refractivity contribution < 1.29 is 4.79 Å². The summed E-state index contributed by atoms with van der Waals surface area (Å²) in [7, 11) is 0. The molecule has 2 heterocycles. The van der Waals surface area contributed by atoms with E-state index in [4.69, 9.17) is 18.0 Å². The highest BCUT2D eigenvalue weighted by Gasteiger charge is 2.35. The molecule has 0 aromatic heterocycles. The second kappa shape index (κ2) is 5.05. The number of thiocarbonyl (C=S) groups is 1. The largest absolute Gasteiger partial charge is 0.389 e. The first-order chi connectivity index (χ1) is 9.56. The summed E-state index contributed by atoms with van der Waals surface area (Å²) in [5.41, 5.74) is 9.06. The summed E-state index contributed by atoms with van der Waals surface area (Å²) in [6.45, 7) is 4.57. The fourth-order valence-electron chi connectivity index (χ4n) is 3.21. The van der Waals surface area contributed by atoms with Crippen molar-refractivity contribution in [3.05, 3.63) is 29.3 Å². The number of benzene rings is 1. The number of rotatable bonds is 2. The van der Waals surface area contributed by atoms with Crippen LogP contribution in [0.4, 0.5) is 5.69 Å². The van der Waals surface area contributed by atoms with E-state index in [2.05, 4.69) is 17.0 Å². The van der Waals surface area contributed by atoms with Crippen molar-refractivity contribution in [1.82, 2.24) is 4.90 Å². The van der Waals surface area contributed by atoms with E-state index in [0.717, 1.165) is 42.9 Å². The lowest BCUT2D eigenvalue weighted by atomic mass is 10.1. The summed E-state index contributed by atoms with van der Waals surface area (Å²) >= 11 is 5.18. The maximum absolute atomic E-state index is 11.7. The Hall–Kier alpha value is -1.62. The van der Waals surface area contributed by atoms with Gasteiger partial charge in [-0.1, -0.05) is 23.8 Å². The van der Waals surface area contributed by atoms with Gasteiger partial charge in [0.15, 0.2) is 0 Å². The zero-order chi connectivity index (χ0) is 14.3. The quantitative estimate of drug-likeness (QED) is 0.837. The molecule has 1 atom stereocenters. The first-order valence-corrected chi connectivity index (χ1v) is 7.42. The topological polar surface area (TPSA) is 49.6 Å². The van der Waals surface area contributed by atoms with Gasteiger partial charge in [-0.2, -0.15) is 0 Å². The standard InChI is InChI=1S/C15H19N3OS/c1-10-2-4-13(12(8-10)15(16)20)17-6-7-18-11(9-17)3-5-14(18)19/h2,4,8,11H,3,5-7,9H2,1H3,(H2,16,20). The average Bonchev–Trinajstić information content (AvgIpc) is 2.80. The highest BCUT2D eigenvalue weighted by Crippen LogP contribution is 2.29. The summed E-state index contributed by atoms with van der Waals surface area (Å²) in [6, 6.07) is 6.57. The number of nitrogens with zero attached hydrogens (tertiary/aromatic N) is 2. The number of piperazine rings is 1. The number of hydrogen-bond donors (Lipinski definition) is 1. The molecule has 0 radical (unpaired) electrons. The first kappa shape index (κ1) is 13.4. The molecule has 0 bridgehead atoms. The molecule has 0 aliphatic carbocycles. The van der Waals surface area contributed by atoms with Crippen molar-refractivity contribution in [2.24, 2.45) is 5.73 Å². The van der Waals surface area contributed by atoms with Gasteiger partial charge in [-0.15, -0.1) is 0 Å². The van der Waals surface area contributed by atoms with Crippen molar-refractivity contribution in [2.45, 2.75) is 25.8 Å². The van der Waals surface area contributed by atoms with E-state index in [9.17, 15) is 4.79 Å². The van der Waals surface area contributed by atoms with Gasteiger partial charge in [-0.05, 0) is 25.5 Å². The zero-order valence-corrected chi connectivity index (χ0v) is 12.4. The van der Waals surface area contributed by atoms with Crippen LogP contribution in [-0.4, -0.2) is 41.5 Å². The van der Waals surface area contributed by atoms with Gasteiger partial charge >= 0.3 is 0 Å². The fraction of sp³-hybridized carbons (Fsp3) is 0.467. The van der Waals surface area contributed by atoms with E-state index in [-0.39, 0.29) is 0 Å². The van der Waals surface area contributed by atoms with Gasteiger partial charge in [-0.3, -0.25) is 4.79 Å². The summed E-state index contributed by atoms with van der Waals surface area (Å²) in [6.07, 6.45) is 1.65. The number of carbonyl (C=O) groups excluding carboxylic acids is 1. The molecular weight excluding hydrogens is 270 g/mol. The zero-order valence-electron chi connectivity index (χ0n) is 11.6. The van der Waals surface area contributed by atoms with Crippen molar-refractivity contribution in [1.29, 1.82) is 0 Å². The molecule has 2 aliphatic heterocycles. The number of aryl methyl sites for hydroxylation is 1. The Balaban J connectivity index is 1.87. The predicted molar refractivity (Wildman–Crippen MR) is 84.0 cm³/mol. The molecule has 5 heteroatoms. The van der Waals surface area contributed by atoms with E-state index >= 15 is 0 Å². The van der Waals surface area contributed by atoms with Crippen molar-refractivity contribution in [3.63, 3.8) is 0 Å². The molecule has 20 heavy (non-hydrogen) atoms. The van der Waals surface area contributed by atoms with Gasteiger partial charge < -0.3 is 15.5 Å².